The van der Waals surface area contributed by atoms with Crippen molar-refractivity contribution in [3.8, 4) is 0 Å². The van der Waals surface area contributed by atoms with Gasteiger partial charge in [0.25, 0.3) is 0 Å². The van der Waals surface area contributed by atoms with Crippen LogP contribution in [0.4, 0.5) is 5.69 Å². The molecule has 4 rings (SSSR count). The predicted octanol–water partition coefficient (Wildman–Crippen LogP) is 3.28. The second kappa shape index (κ2) is 9.40. The van der Waals surface area contributed by atoms with Crippen molar-refractivity contribution in [1.82, 2.24) is 14.9 Å². The summed E-state index contributed by atoms with van der Waals surface area (Å²) in [5.41, 5.74) is 2.45. The lowest BCUT2D eigenvalue weighted by molar-refractivity contribution is -0.130. The van der Waals surface area contributed by atoms with Crippen LogP contribution in [-0.4, -0.2) is 40.6 Å². The van der Waals surface area contributed by atoms with Gasteiger partial charge in [0.15, 0.2) is 0 Å². The van der Waals surface area contributed by atoms with Gasteiger partial charge in [-0.3, -0.25) is 9.59 Å². The van der Waals surface area contributed by atoms with Crippen LogP contribution in [0.1, 0.15) is 18.7 Å². The van der Waals surface area contributed by atoms with Crippen molar-refractivity contribution < 1.29 is 14.3 Å². The van der Waals surface area contributed by atoms with Crippen molar-refractivity contribution >= 4 is 44.5 Å². The molecular formula is C22H23BrN4O3. The van der Waals surface area contributed by atoms with Crippen LogP contribution >= 0.6 is 15.9 Å². The van der Waals surface area contributed by atoms with E-state index in [1.165, 1.54) is 0 Å². The zero-order valence-electron chi connectivity index (χ0n) is 16.4. The summed E-state index contributed by atoms with van der Waals surface area (Å²) in [7, 11) is 0. The molecule has 8 heteroatoms. The minimum absolute atomic E-state index is 0.0804. The molecular weight excluding hydrogens is 448 g/mol. The van der Waals surface area contributed by atoms with Crippen molar-refractivity contribution in [3.63, 3.8) is 0 Å². The van der Waals surface area contributed by atoms with E-state index in [4.69, 9.17) is 4.74 Å². The van der Waals surface area contributed by atoms with Gasteiger partial charge in [-0.15, -0.1) is 0 Å². The van der Waals surface area contributed by atoms with E-state index in [0.717, 1.165) is 39.9 Å². The fourth-order valence-electron chi connectivity index (χ4n) is 3.57. The Balaban J connectivity index is 1.45. The zero-order chi connectivity index (χ0) is 20.9. The van der Waals surface area contributed by atoms with E-state index < -0.39 is 0 Å². The van der Waals surface area contributed by atoms with E-state index in [1.807, 2.05) is 53.1 Å². The molecule has 1 unspecified atom stereocenters. The molecule has 3 aromatic rings. The molecule has 7 nitrogen and oxygen atoms in total. The molecule has 0 aliphatic carbocycles. The number of carbonyl (C=O) groups excluding carboxylic acids is 2. The van der Waals surface area contributed by atoms with Crippen LogP contribution in [0.15, 0.2) is 53.0 Å². The molecule has 1 aliphatic heterocycles. The maximum Gasteiger partial charge on any atom is 0.249 e. The molecule has 0 saturated carbocycles. The van der Waals surface area contributed by atoms with Gasteiger partial charge in [0, 0.05) is 29.7 Å². The Bertz CT molecular complexity index is 1040. The third kappa shape index (κ3) is 4.88. The quantitative estimate of drug-likeness (QED) is 0.554. The zero-order valence-corrected chi connectivity index (χ0v) is 18.0. The number of anilines is 1. The van der Waals surface area contributed by atoms with Crippen LogP contribution in [0.5, 0.6) is 0 Å². The molecule has 2 amide bonds. The van der Waals surface area contributed by atoms with Crippen molar-refractivity contribution in [2.45, 2.75) is 31.9 Å². The number of benzene rings is 2. The number of para-hydroxylation sites is 2. The standard InChI is InChI=1S/C22H23BrN4O3/c23-15-7-9-16(10-8-15)25-21(28)14-27-18-5-2-1-4-17(18)26-20(27)11-12-24-22(29)19-6-3-13-30-19/h1-2,4-5,7-10,19H,3,6,11-14H2,(H,24,29)(H,25,28). The third-order valence-corrected chi connectivity index (χ3v) is 5.56. The maximum absolute atomic E-state index is 12.7. The minimum atomic E-state index is -0.347. The van der Waals surface area contributed by atoms with Gasteiger partial charge in [-0.05, 0) is 49.2 Å². The Morgan fingerprint density at radius 3 is 2.73 bits per heavy atom. The first-order valence-corrected chi connectivity index (χ1v) is 10.8. The van der Waals surface area contributed by atoms with Crippen molar-refractivity contribution in [3.05, 3.63) is 58.8 Å². The van der Waals surface area contributed by atoms with E-state index in [9.17, 15) is 9.59 Å². The topological polar surface area (TPSA) is 85.2 Å². The summed E-state index contributed by atoms with van der Waals surface area (Å²) in [5.74, 6) is 0.544. The third-order valence-electron chi connectivity index (χ3n) is 5.03. The van der Waals surface area contributed by atoms with Gasteiger partial charge in [-0.2, -0.15) is 0 Å². The number of hydrogen-bond donors (Lipinski definition) is 2. The van der Waals surface area contributed by atoms with E-state index in [1.54, 1.807) is 0 Å². The van der Waals surface area contributed by atoms with Crippen LogP contribution in [0.3, 0.4) is 0 Å². The van der Waals surface area contributed by atoms with E-state index in [0.29, 0.717) is 19.6 Å². The van der Waals surface area contributed by atoms with E-state index in [2.05, 4.69) is 31.5 Å². The van der Waals surface area contributed by atoms with Gasteiger partial charge >= 0.3 is 0 Å². The first-order chi connectivity index (χ1) is 14.6. The SMILES string of the molecule is O=C(Cn1c(CCNC(=O)C2CCCO2)nc2ccccc21)Nc1ccc(Br)cc1. The van der Waals surface area contributed by atoms with Crippen LogP contribution < -0.4 is 10.6 Å². The highest BCUT2D eigenvalue weighted by Crippen LogP contribution is 2.18. The van der Waals surface area contributed by atoms with Crippen LogP contribution in [0, 0.1) is 0 Å². The summed E-state index contributed by atoms with van der Waals surface area (Å²) in [6.45, 7) is 1.23. The number of imidazole rings is 1. The Morgan fingerprint density at radius 1 is 1.17 bits per heavy atom. The molecule has 0 spiro atoms. The highest BCUT2D eigenvalue weighted by atomic mass is 79.9. The molecule has 30 heavy (non-hydrogen) atoms. The summed E-state index contributed by atoms with van der Waals surface area (Å²) >= 11 is 3.39. The lowest BCUT2D eigenvalue weighted by atomic mass is 10.2. The number of rotatable bonds is 7. The molecule has 156 valence electrons. The maximum atomic E-state index is 12.7. The Morgan fingerprint density at radius 2 is 1.97 bits per heavy atom. The average Bonchev–Trinajstić information content (AvgIpc) is 3.39. The van der Waals surface area contributed by atoms with Gasteiger partial charge < -0.3 is 19.9 Å². The van der Waals surface area contributed by atoms with E-state index >= 15 is 0 Å². The van der Waals surface area contributed by atoms with Gasteiger partial charge in [0.2, 0.25) is 11.8 Å². The molecule has 2 heterocycles. The normalized spacial score (nSPS) is 16.0. The second-order valence-corrected chi connectivity index (χ2v) is 8.12. The first kappa shape index (κ1) is 20.6. The number of fused-ring (bicyclic) bond motifs is 1. The summed E-state index contributed by atoms with van der Waals surface area (Å²) in [5, 5.41) is 5.84. The number of hydrogen-bond acceptors (Lipinski definition) is 4. The van der Waals surface area contributed by atoms with Crippen LogP contribution in [-0.2, 0) is 27.3 Å². The lowest BCUT2D eigenvalue weighted by Crippen LogP contribution is -2.35. The van der Waals surface area contributed by atoms with Crippen molar-refractivity contribution in [1.29, 1.82) is 0 Å². The van der Waals surface area contributed by atoms with Crippen LogP contribution in [0.25, 0.3) is 11.0 Å². The highest BCUT2D eigenvalue weighted by molar-refractivity contribution is 9.10. The molecule has 1 aromatic heterocycles. The number of carbonyl (C=O) groups is 2. The number of nitrogens with zero attached hydrogens (tertiary/aromatic N) is 2. The molecule has 2 aromatic carbocycles. The summed E-state index contributed by atoms with van der Waals surface area (Å²) in [4.78, 5) is 29.5. The Hall–Kier alpha value is -2.71. The monoisotopic (exact) mass is 470 g/mol. The minimum Gasteiger partial charge on any atom is -0.368 e. The number of halogens is 1. The molecule has 2 N–H and O–H groups in total. The molecule has 1 aliphatic rings. The summed E-state index contributed by atoms with van der Waals surface area (Å²) in [6.07, 6.45) is 1.86. The molecule has 1 atom stereocenters. The largest absolute Gasteiger partial charge is 0.368 e. The van der Waals surface area contributed by atoms with Gasteiger partial charge in [0.1, 0.15) is 18.5 Å². The summed E-state index contributed by atoms with van der Waals surface area (Å²) in [6, 6.07) is 15.2. The molecule has 0 bridgehead atoms. The number of aromatic nitrogens is 2. The fourth-order valence-corrected chi connectivity index (χ4v) is 3.83. The fraction of sp³-hybridized carbons (Fsp3) is 0.318. The van der Waals surface area contributed by atoms with Crippen LogP contribution in [0.2, 0.25) is 0 Å². The summed E-state index contributed by atoms with van der Waals surface area (Å²) < 4.78 is 8.27. The van der Waals surface area contributed by atoms with Gasteiger partial charge in [0.05, 0.1) is 11.0 Å². The highest BCUT2D eigenvalue weighted by Gasteiger charge is 2.23. The molecule has 0 radical (unpaired) electrons. The molecule has 1 saturated heterocycles. The smallest absolute Gasteiger partial charge is 0.249 e. The Labute approximate surface area is 182 Å². The molecule has 1 fully saturated rings. The number of nitrogens with one attached hydrogen (secondary N) is 2. The Kier molecular flexibility index (Phi) is 6.44. The lowest BCUT2D eigenvalue weighted by Gasteiger charge is -2.12. The number of ether oxygens (including phenoxy) is 1. The average molecular weight is 471 g/mol. The van der Waals surface area contributed by atoms with E-state index in [-0.39, 0.29) is 24.5 Å². The van der Waals surface area contributed by atoms with Crippen molar-refractivity contribution in [2.24, 2.45) is 0 Å². The first-order valence-electron chi connectivity index (χ1n) is 9.99. The number of amides is 2. The second-order valence-electron chi connectivity index (χ2n) is 7.20. The van der Waals surface area contributed by atoms with Gasteiger partial charge in [-0.25, -0.2) is 4.98 Å². The predicted molar refractivity (Wildman–Crippen MR) is 118 cm³/mol. The van der Waals surface area contributed by atoms with Crippen molar-refractivity contribution in [2.75, 3.05) is 18.5 Å². The van der Waals surface area contributed by atoms with Gasteiger partial charge in [-0.1, -0.05) is 28.1 Å².